The fraction of sp³-hybridized carbons (Fsp3) is 0.286. The summed E-state index contributed by atoms with van der Waals surface area (Å²) in [7, 11) is 0. The van der Waals surface area contributed by atoms with Crippen LogP contribution in [0.5, 0.6) is 0 Å². The second-order valence-electron chi connectivity index (χ2n) is 7.43. The number of aromatic amines is 1. The minimum absolute atomic E-state index is 0.0685. The van der Waals surface area contributed by atoms with Gasteiger partial charge in [0.1, 0.15) is 6.04 Å². The van der Waals surface area contributed by atoms with E-state index in [4.69, 9.17) is 0 Å². The number of aromatic nitrogens is 1. The molecule has 3 aromatic rings. The number of benzene rings is 2. The lowest BCUT2D eigenvalue weighted by molar-refractivity contribution is -0.131. The normalized spacial score (nSPS) is 20.4. The second-order valence-corrected chi connectivity index (χ2v) is 7.43. The van der Waals surface area contributed by atoms with Crippen molar-refractivity contribution in [2.45, 2.75) is 31.2 Å². The predicted octanol–water partition coefficient (Wildman–Crippen LogP) is 4.43. The topological polar surface area (TPSA) is 36.1 Å². The van der Waals surface area contributed by atoms with Crippen molar-refractivity contribution in [2.24, 2.45) is 0 Å². The van der Waals surface area contributed by atoms with Crippen molar-refractivity contribution in [1.82, 2.24) is 9.88 Å². The van der Waals surface area contributed by atoms with E-state index in [0.29, 0.717) is 6.54 Å². The van der Waals surface area contributed by atoms with Gasteiger partial charge in [-0.1, -0.05) is 30.3 Å². The van der Waals surface area contributed by atoms with E-state index in [0.717, 1.165) is 35.5 Å². The van der Waals surface area contributed by atoms with Crippen molar-refractivity contribution >= 4 is 16.8 Å². The first kappa shape index (κ1) is 15.6. The van der Waals surface area contributed by atoms with Crippen molar-refractivity contribution < 1.29 is 13.6 Å². The van der Waals surface area contributed by atoms with Gasteiger partial charge in [-0.2, -0.15) is 0 Å². The van der Waals surface area contributed by atoms with Crippen LogP contribution < -0.4 is 0 Å². The molecule has 0 saturated heterocycles. The van der Waals surface area contributed by atoms with Crippen molar-refractivity contribution in [2.75, 3.05) is 6.54 Å². The molecule has 0 radical (unpaired) electrons. The highest BCUT2D eigenvalue weighted by molar-refractivity contribution is 5.88. The number of para-hydroxylation sites is 1. The monoisotopic (exact) mass is 352 g/mol. The molecular formula is C21H18F2N2O. The van der Waals surface area contributed by atoms with Gasteiger partial charge in [0.05, 0.1) is 0 Å². The largest absolute Gasteiger partial charge is 0.356 e. The van der Waals surface area contributed by atoms with E-state index in [1.54, 1.807) is 11.0 Å². The average Bonchev–Trinajstić information content (AvgIpc) is 3.27. The summed E-state index contributed by atoms with van der Waals surface area (Å²) < 4.78 is 28.6. The predicted molar refractivity (Wildman–Crippen MR) is 94.8 cm³/mol. The van der Waals surface area contributed by atoms with Crippen LogP contribution in [0.4, 0.5) is 8.78 Å². The zero-order chi connectivity index (χ0) is 18.1. The Morgan fingerprint density at radius 2 is 1.92 bits per heavy atom. The van der Waals surface area contributed by atoms with E-state index in [1.165, 1.54) is 18.6 Å². The fourth-order valence-corrected chi connectivity index (χ4v) is 4.50. The van der Waals surface area contributed by atoms with Gasteiger partial charge in [-0.3, -0.25) is 4.79 Å². The summed E-state index contributed by atoms with van der Waals surface area (Å²) in [6, 6.07) is 11.5. The van der Waals surface area contributed by atoms with Gasteiger partial charge in [-0.15, -0.1) is 0 Å². The Morgan fingerprint density at radius 1 is 1.15 bits per heavy atom. The van der Waals surface area contributed by atoms with Gasteiger partial charge in [-0.25, -0.2) is 8.78 Å². The molecular weight excluding hydrogens is 334 g/mol. The Balaban J connectivity index is 1.82. The van der Waals surface area contributed by atoms with E-state index in [1.807, 2.05) is 18.2 Å². The van der Waals surface area contributed by atoms with Crippen LogP contribution in [0.25, 0.3) is 10.9 Å². The number of carbonyl (C=O) groups excluding carboxylic acids is 1. The highest BCUT2D eigenvalue weighted by atomic mass is 19.2. The van der Waals surface area contributed by atoms with Crippen LogP contribution in [0.1, 0.15) is 42.6 Å². The second kappa shape index (κ2) is 5.16. The Bertz CT molecular complexity index is 1050. The van der Waals surface area contributed by atoms with Crippen LogP contribution in [0.15, 0.2) is 42.5 Å². The van der Waals surface area contributed by atoms with E-state index in [9.17, 15) is 13.6 Å². The number of fused-ring (bicyclic) bond motifs is 4. The molecule has 1 amide bonds. The lowest BCUT2D eigenvalue weighted by Gasteiger charge is -2.40. The van der Waals surface area contributed by atoms with Crippen molar-refractivity contribution in [3.63, 3.8) is 0 Å². The van der Waals surface area contributed by atoms with Gasteiger partial charge in [-0.05, 0) is 30.5 Å². The van der Waals surface area contributed by atoms with Crippen LogP contribution in [0.3, 0.4) is 0 Å². The lowest BCUT2D eigenvalue weighted by atomic mass is 9.83. The molecule has 2 aromatic carbocycles. The summed E-state index contributed by atoms with van der Waals surface area (Å²) in [6.07, 6.45) is 2.01. The molecule has 5 heteroatoms. The summed E-state index contributed by atoms with van der Waals surface area (Å²) in [4.78, 5) is 17.5. The standard InChI is InChI=1S/C21H18F2N2O/c1-12(26)25-11-21(9-10-21)17-13-5-2-3-8-16(13)24-19(17)20(25)14-6-4-7-15(22)18(14)23/h2-8,20,24H,9-11H2,1H3. The minimum atomic E-state index is -0.893. The van der Waals surface area contributed by atoms with Gasteiger partial charge >= 0.3 is 0 Å². The summed E-state index contributed by atoms with van der Waals surface area (Å²) in [5.74, 6) is -1.91. The molecule has 1 atom stereocenters. The zero-order valence-corrected chi connectivity index (χ0v) is 14.4. The molecule has 1 unspecified atom stereocenters. The number of H-pyrrole nitrogens is 1. The van der Waals surface area contributed by atoms with Crippen molar-refractivity contribution in [3.05, 3.63) is 70.9 Å². The van der Waals surface area contributed by atoms with Gasteiger partial charge in [0.2, 0.25) is 5.91 Å². The van der Waals surface area contributed by atoms with E-state index < -0.39 is 17.7 Å². The number of rotatable bonds is 1. The minimum Gasteiger partial charge on any atom is -0.356 e. The highest BCUT2D eigenvalue weighted by Gasteiger charge is 2.54. The van der Waals surface area contributed by atoms with Crippen molar-refractivity contribution in [1.29, 1.82) is 0 Å². The summed E-state index contributed by atoms with van der Waals surface area (Å²) >= 11 is 0. The molecule has 1 N–H and O–H groups in total. The number of hydrogen-bond donors (Lipinski definition) is 1. The highest BCUT2D eigenvalue weighted by Crippen LogP contribution is 2.58. The van der Waals surface area contributed by atoms with Crippen LogP contribution in [-0.4, -0.2) is 22.3 Å². The Kier molecular flexibility index (Phi) is 3.09. The van der Waals surface area contributed by atoms with E-state index >= 15 is 0 Å². The molecule has 1 aliphatic heterocycles. The summed E-state index contributed by atoms with van der Waals surface area (Å²) in [5, 5.41) is 1.12. The molecule has 0 bridgehead atoms. The molecule has 5 rings (SSSR count). The number of hydrogen-bond acceptors (Lipinski definition) is 1. The Morgan fingerprint density at radius 3 is 2.65 bits per heavy atom. The maximum Gasteiger partial charge on any atom is 0.220 e. The SMILES string of the molecule is CC(=O)N1CC2(CC2)c2c([nH]c3ccccc23)C1c1cccc(F)c1F. The maximum absolute atomic E-state index is 14.7. The smallest absolute Gasteiger partial charge is 0.220 e. The fourth-order valence-electron chi connectivity index (χ4n) is 4.50. The first-order chi connectivity index (χ1) is 12.5. The van der Waals surface area contributed by atoms with Crippen LogP contribution in [-0.2, 0) is 10.2 Å². The van der Waals surface area contributed by atoms with Gasteiger partial charge in [0.25, 0.3) is 0 Å². The molecule has 1 fully saturated rings. The first-order valence-corrected chi connectivity index (χ1v) is 8.84. The van der Waals surface area contributed by atoms with E-state index in [2.05, 4.69) is 11.1 Å². The molecule has 3 nitrogen and oxygen atoms in total. The summed E-state index contributed by atoms with van der Waals surface area (Å²) in [5.41, 5.74) is 3.08. The average molecular weight is 352 g/mol. The van der Waals surface area contributed by atoms with E-state index in [-0.39, 0.29) is 16.9 Å². The number of halogens is 2. The third-order valence-electron chi connectivity index (χ3n) is 5.86. The lowest BCUT2D eigenvalue weighted by Crippen LogP contribution is -2.44. The van der Waals surface area contributed by atoms with Gasteiger partial charge < -0.3 is 9.88 Å². The van der Waals surface area contributed by atoms with Crippen molar-refractivity contribution in [3.8, 4) is 0 Å². The molecule has 1 aliphatic carbocycles. The van der Waals surface area contributed by atoms with Crippen LogP contribution in [0.2, 0.25) is 0 Å². The summed E-state index contributed by atoms with van der Waals surface area (Å²) in [6.45, 7) is 2.03. The molecule has 1 aromatic heterocycles. The first-order valence-electron chi connectivity index (χ1n) is 8.84. The molecule has 2 heterocycles. The molecule has 2 aliphatic rings. The quantitative estimate of drug-likeness (QED) is 0.691. The maximum atomic E-state index is 14.7. The molecule has 132 valence electrons. The Labute approximate surface area is 149 Å². The molecule has 1 spiro atoms. The zero-order valence-electron chi connectivity index (χ0n) is 14.4. The van der Waals surface area contributed by atoms with Gasteiger partial charge in [0.15, 0.2) is 11.6 Å². The van der Waals surface area contributed by atoms with Crippen LogP contribution in [0, 0.1) is 11.6 Å². The number of nitrogens with zero attached hydrogens (tertiary/aromatic N) is 1. The Hall–Kier alpha value is -2.69. The van der Waals surface area contributed by atoms with Crippen LogP contribution >= 0.6 is 0 Å². The molecule has 26 heavy (non-hydrogen) atoms. The van der Waals surface area contributed by atoms with Gasteiger partial charge in [0, 0.05) is 41.0 Å². The number of amides is 1. The third kappa shape index (κ3) is 2.00. The number of nitrogens with one attached hydrogen (secondary N) is 1. The third-order valence-corrected chi connectivity index (χ3v) is 5.86. The number of carbonyl (C=O) groups is 1. The molecule has 1 saturated carbocycles.